The zero-order valence-electron chi connectivity index (χ0n) is 6.07. The molecule has 0 unspecified atom stereocenters. The molecule has 0 saturated carbocycles. The quantitative estimate of drug-likeness (QED) is 0.521. The lowest BCUT2D eigenvalue weighted by molar-refractivity contribution is 0.639. The average molecular weight is 144 g/mol. The maximum absolute atomic E-state index is 12.1. The number of hydrogen-bond acceptors (Lipinski definition) is 0. The van der Waals surface area contributed by atoms with Crippen LogP contribution in [-0.2, 0) is 0 Å². The molecule has 0 bridgehead atoms. The molecule has 0 saturated heterocycles. The van der Waals surface area contributed by atoms with Crippen LogP contribution < -0.4 is 0 Å². The van der Waals surface area contributed by atoms with E-state index in [0.29, 0.717) is 11.9 Å². The van der Waals surface area contributed by atoms with Gasteiger partial charge in [0.2, 0.25) is 0 Å². The minimum Gasteiger partial charge on any atom is -0.216 e. The van der Waals surface area contributed by atoms with Gasteiger partial charge in [-0.3, -0.25) is 0 Å². The molecule has 0 spiro atoms. The molecule has 0 aromatic carbocycles. The first-order valence-electron chi connectivity index (χ1n) is 2.94. The molecule has 0 atom stereocenters. The Kier molecular flexibility index (Phi) is 4.46. The van der Waals surface area contributed by atoms with E-state index in [9.17, 15) is 8.78 Å². The fourth-order valence-electron chi connectivity index (χ4n) is 0.550. The highest BCUT2D eigenvalue weighted by Crippen LogP contribution is 2.01. The van der Waals surface area contributed by atoms with E-state index >= 15 is 0 Å². The number of allylic oxidation sites excluding steroid dienone is 5. The van der Waals surface area contributed by atoms with Crippen molar-refractivity contribution in [3.63, 3.8) is 0 Å². The van der Waals surface area contributed by atoms with Crippen LogP contribution in [0.15, 0.2) is 36.0 Å². The first kappa shape index (κ1) is 9.08. The van der Waals surface area contributed by atoms with Gasteiger partial charge in [0.25, 0.3) is 0 Å². The lowest BCUT2D eigenvalue weighted by atomic mass is 10.2. The van der Waals surface area contributed by atoms with Gasteiger partial charge in [-0.1, -0.05) is 6.08 Å². The van der Waals surface area contributed by atoms with Crippen molar-refractivity contribution in [1.29, 1.82) is 0 Å². The Balaban J connectivity index is 4.08. The number of rotatable bonds is 2. The maximum atomic E-state index is 12.1. The zero-order valence-corrected chi connectivity index (χ0v) is 6.07. The monoisotopic (exact) mass is 144 g/mol. The fourth-order valence-corrected chi connectivity index (χ4v) is 0.550. The fraction of sp³-hybridized carbons (Fsp3) is 0.250. The van der Waals surface area contributed by atoms with Crippen LogP contribution >= 0.6 is 0 Å². The van der Waals surface area contributed by atoms with Gasteiger partial charge >= 0.3 is 0 Å². The van der Waals surface area contributed by atoms with Crippen molar-refractivity contribution in [3.8, 4) is 0 Å². The molecule has 0 fully saturated rings. The molecule has 56 valence electrons. The van der Waals surface area contributed by atoms with Crippen LogP contribution in [0.2, 0.25) is 0 Å². The maximum Gasteiger partial charge on any atom is 0.0971 e. The molecular formula is C8H10F2. The van der Waals surface area contributed by atoms with Crippen LogP contribution in [-0.4, -0.2) is 0 Å². The van der Waals surface area contributed by atoms with Gasteiger partial charge in [0.05, 0.1) is 12.2 Å². The van der Waals surface area contributed by atoms with Gasteiger partial charge in [0.15, 0.2) is 0 Å². The SMILES string of the molecule is CC(=C/C=C/F)/C=C(\C)F. The van der Waals surface area contributed by atoms with E-state index in [4.69, 9.17) is 0 Å². The van der Waals surface area contributed by atoms with Crippen LogP contribution in [0, 0.1) is 0 Å². The van der Waals surface area contributed by atoms with Gasteiger partial charge in [0.1, 0.15) is 0 Å². The highest BCUT2D eigenvalue weighted by Gasteiger charge is 1.82. The summed E-state index contributed by atoms with van der Waals surface area (Å²) < 4.78 is 23.4. The second kappa shape index (κ2) is 4.91. The summed E-state index contributed by atoms with van der Waals surface area (Å²) in [6.45, 7) is 3.04. The van der Waals surface area contributed by atoms with Crippen molar-refractivity contribution in [1.82, 2.24) is 0 Å². The van der Waals surface area contributed by atoms with Gasteiger partial charge in [-0.2, -0.15) is 0 Å². The second-order valence-corrected chi connectivity index (χ2v) is 1.96. The molecule has 0 aromatic heterocycles. The first-order valence-corrected chi connectivity index (χ1v) is 2.94. The largest absolute Gasteiger partial charge is 0.216 e. The van der Waals surface area contributed by atoms with Crippen molar-refractivity contribution in [2.45, 2.75) is 13.8 Å². The van der Waals surface area contributed by atoms with E-state index in [1.807, 2.05) is 0 Å². The Bertz CT molecular complexity index is 172. The highest BCUT2D eigenvalue weighted by molar-refractivity contribution is 5.22. The smallest absolute Gasteiger partial charge is 0.0971 e. The van der Waals surface area contributed by atoms with Crippen LogP contribution in [0.1, 0.15) is 13.8 Å². The molecule has 0 radical (unpaired) electrons. The lowest BCUT2D eigenvalue weighted by Crippen LogP contribution is -1.67. The van der Waals surface area contributed by atoms with Gasteiger partial charge in [-0.05, 0) is 31.6 Å². The molecule has 2 heteroatoms. The number of hydrogen-bond donors (Lipinski definition) is 0. The Morgan fingerprint density at radius 2 is 1.90 bits per heavy atom. The standard InChI is InChI=1S/C8H10F2/c1-7(4-3-5-9)6-8(2)10/h3-6H,1-2H3/b5-3+,7-4-,8-6+. The highest BCUT2D eigenvalue weighted by atomic mass is 19.1. The summed E-state index contributed by atoms with van der Waals surface area (Å²) in [5, 5.41) is 0. The predicted octanol–water partition coefficient (Wildman–Crippen LogP) is 3.29. The van der Waals surface area contributed by atoms with Crippen molar-refractivity contribution in [2.24, 2.45) is 0 Å². The topological polar surface area (TPSA) is 0 Å². The van der Waals surface area contributed by atoms with E-state index in [1.165, 1.54) is 25.2 Å². The second-order valence-electron chi connectivity index (χ2n) is 1.96. The molecule has 0 nitrogen and oxygen atoms in total. The minimum absolute atomic E-state index is 0.277. The first-order chi connectivity index (χ1) is 4.66. The molecule has 0 rings (SSSR count). The van der Waals surface area contributed by atoms with Gasteiger partial charge in [0, 0.05) is 0 Å². The Morgan fingerprint density at radius 1 is 1.30 bits per heavy atom. The molecule has 10 heavy (non-hydrogen) atoms. The third-order valence-corrected chi connectivity index (χ3v) is 0.858. The van der Waals surface area contributed by atoms with E-state index in [2.05, 4.69) is 0 Å². The van der Waals surface area contributed by atoms with Crippen molar-refractivity contribution >= 4 is 0 Å². The van der Waals surface area contributed by atoms with Crippen molar-refractivity contribution in [3.05, 3.63) is 36.0 Å². The molecular weight excluding hydrogens is 134 g/mol. The summed E-state index contributed by atoms with van der Waals surface area (Å²) in [6, 6.07) is 0. The van der Waals surface area contributed by atoms with Crippen LogP contribution in [0.25, 0.3) is 0 Å². The summed E-state index contributed by atoms with van der Waals surface area (Å²) in [5.41, 5.74) is 0.689. The summed E-state index contributed by atoms with van der Waals surface area (Å²) >= 11 is 0. The van der Waals surface area contributed by atoms with E-state index < -0.39 is 0 Å². The van der Waals surface area contributed by atoms with Crippen molar-refractivity contribution in [2.75, 3.05) is 0 Å². The Hall–Kier alpha value is -0.920. The van der Waals surface area contributed by atoms with Gasteiger partial charge in [-0.25, -0.2) is 8.78 Å². The van der Waals surface area contributed by atoms with Gasteiger partial charge < -0.3 is 0 Å². The third-order valence-electron chi connectivity index (χ3n) is 0.858. The lowest BCUT2D eigenvalue weighted by Gasteiger charge is -1.86. The molecule has 0 aliphatic carbocycles. The zero-order chi connectivity index (χ0) is 7.98. The summed E-state index contributed by atoms with van der Waals surface area (Å²) in [4.78, 5) is 0. The minimum atomic E-state index is -0.277. The molecule has 0 aliphatic heterocycles. The number of halogens is 2. The summed E-state index contributed by atoms with van der Waals surface area (Å²) in [6.07, 6.45) is 4.45. The summed E-state index contributed by atoms with van der Waals surface area (Å²) in [5.74, 6) is -0.277. The van der Waals surface area contributed by atoms with Crippen molar-refractivity contribution < 1.29 is 8.78 Å². The third kappa shape index (κ3) is 5.22. The van der Waals surface area contributed by atoms with E-state index in [-0.39, 0.29) is 5.83 Å². The van der Waals surface area contributed by atoms with Gasteiger partial charge in [-0.15, -0.1) is 0 Å². The summed E-state index contributed by atoms with van der Waals surface area (Å²) in [7, 11) is 0. The Labute approximate surface area is 59.6 Å². The van der Waals surface area contributed by atoms with Crippen LogP contribution in [0.4, 0.5) is 8.78 Å². The molecule has 0 aliphatic rings. The molecule has 0 heterocycles. The molecule has 0 amide bonds. The molecule has 0 aromatic rings. The average Bonchev–Trinajstić information content (AvgIpc) is 1.82. The van der Waals surface area contributed by atoms with E-state index in [1.54, 1.807) is 6.92 Å². The predicted molar refractivity (Wildman–Crippen MR) is 38.9 cm³/mol. The Morgan fingerprint density at radius 3 is 2.30 bits per heavy atom. The van der Waals surface area contributed by atoms with Crippen LogP contribution in [0.5, 0.6) is 0 Å². The molecule has 0 N–H and O–H groups in total. The normalized spacial score (nSPS) is 14.8. The van der Waals surface area contributed by atoms with Crippen LogP contribution in [0.3, 0.4) is 0 Å². The van der Waals surface area contributed by atoms with E-state index in [0.717, 1.165) is 0 Å².